The minimum absolute atomic E-state index is 0.00610. The van der Waals surface area contributed by atoms with Crippen molar-refractivity contribution in [2.45, 2.75) is 57.6 Å². The molecule has 7 rings (SSSR count). The number of aliphatic carboxylic acids is 1. The number of aryl methyl sites for hydroxylation is 1. The molecule has 6 nitrogen and oxygen atoms in total. The average molecular weight is 557 g/mol. The molecule has 3 fully saturated rings. The molecule has 2 saturated carbocycles. The lowest BCUT2D eigenvalue weighted by Gasteiger charge is -2.29. The van der Waals surface area contributed by atoms with E-state index in [2.05, 4.69) is 40.2 Å². The first kappa shape index (κ1) is 26.4. The summed E-state index contributed by atoms with van der Waals surface area (Å²) in [6.07, 6.45) is 6.37. The molecule has 7 heteroatoms. The van der Waals surface area contributed by atoms with Crippen LogP contribution in [0.4, 0.5) is 4.39 Å². The molecule has 4 aliphatic rings. The second-order valence-electron chi connectivity index (χ2n) is 12.6. The zero-order valence-electron chi connectivity index (χ0n) is 23.7. The summed E-state index contributed by atoms with van der Waals surface area (Å²) >= 11 is 0. The quantitative estimate of drug-likeness (QED) is 0.319. The van der Waals surface area contributed by atoms with E-state index in [1.165, 1.54) is 18.2 Å². The third kappa shape index (κ3) is 5.21. The third-order valence-electron chi connectivity index (χ3n) is 9.76. The molecular weight excluding hydrogens is 519 g/mol. The minimum atomic E-state index is -0.746. The van der Waals surface area contributed by atoms with Gasteiger partial charge in [-0.25, -0.2) is 9.37 Å². The highest BCUT2D eigenvalue weighted by Crippen LogP contribution is 2.49. The molecule has 3 heterocycles. The van der Waals surface area contributed by atoms with Crippen LogP contribution in [0.25, 0.3) is 11.1 Å². The van der Waals surface area contributed by atoms with Gasteiger partial charge in [0, 0.05) is 31.3 Å². The predicted octanol–water partition coefficient (Wildman–Crippen LogP) is 6.63. The highest BCUT2D eigenvalue weighted by atomic mass is 19.1. The zero-order chi connectivity index (χ0) is 28.2. The Morgan fingerprint density at radius 3 is 2.66 bits per heavy atom. The maximum absolute atomic E-state index is 15.1. The van der Waals surface area contributed by atoms with Crippen LogP contribution >= 0.6 is 0 Å². The van der Waals surface area contributed by atoms with E-state index in [-0.39, 0.29) is 17.8 Å². The number of fused-ring (bicyclic) bond motifs is 2. The van der Waals surface area contributed by atoms with Crippen LogP contribution in [0.3, 0.4) is 0 Å². The fourth-order valence-corrected chi connectivity index (χ4v) is 7.22. The summed E-state index contributed by atoms with van der Waals surface area (Å²) in [5, 5.41) is 9.75. The van der Waals surface area contributed by atoms with Crippen molar-refractivity contribution in [3.8, 4) is 22.8 Å². The standard InChI is InChI=1S/C34H37FN2O4/c1-19(34(38)39)33(21-4-5-21)23-6-3-20-8-10-30(41-31(20)13-23)22-7-9-27(28-14-32(40-2)36-15-29(28)35)26(11-22)18-37-16-24-12-25(24)17-37/h3,6-7,9,11,13-15,19,21,24-25,30,33H,4-5,8,10,12,16-18H2,1-2H3,(H,38,39)/t19-,24?,25?,30-,33?/m0/s1. The van der Waals surface area contributed by atoms with Crippen molar-refractivity contribution in [1.82, 2.24) is 9.88 Å². The summed E-state index contributed by atoms with van der Waals surface area (Å²) in [6.45, 7) is 4.79. The molecule has 2 aliphatic heterocycles. The average Bonchev–Trinajstić information content (AvgIpc) is 3.91. The van der Waals surface area contributed by atoms with Crippen molar-refractivity contribution < 1.29 is 23.8 Å². The van der Waals surface area contributed by atoms with Crippen molar-refractivity contribution in [2.24, 2.45) is 23.7 Å². The van der Waals surface area contributed by atoms with Crippen LogP contribution in [-0.2, 0) is 17.8 Å². The molecule has 0 spiro atoms. The lowest BCUT2D eigenvalue weighted by atomic mass is 9.82. The molecule has 2 aromatic carbocycles. The maximum Gasteiger partial charge on any atom is 0.306 e. The Hall–Kier alpha value is -3.45. The first-order valence-electron chi connectivity index (χ1n) is 14.9. The largest absolute Gasteiger partial charge is 0.485 e. The van der Waals surface area contributed by atoms with Crippen molar-refractivity contribution >= 4 is 5.97 Å². The monoisotopic (exact) mass is 556 g/mol. The number of hydrogen-bond acceptors (Lipinski definition) is 5. The number of carboxylic acids is 1. The number of aromatic nitrogens is 1. The molecule has 0 bridgehead atoms. The van der Waals surface area contributed by atoms with Crippen LogP contribution in [0.15, 0.2) is 48.7 Å². The number of ether oxygens (including phenoxy) is 2. The highest BCUT2D eigenvalue weighted by molar-refractivity contribution is 5.71. The minimum Gasteiger partial charge on any atom is -0.485 e. The number of pyridine rings is 1. The number of nitrogens with zero attached hydrogens (tertiary/aromatic N) is 2. The number of piperidine rings is 1. The van der Waals surface area contributed by atoms with Gasteiger partial charge >= 0.3 is 5.97 Å². The van der Waals surface area contributed by atoms with Crippen LogP contribution in [-0.4, -0.2) is 41.2 Å². The Balaban J connectivity index is 1.19. The molecular formula is C34H37FN2O4. The maximum atomic E-state index is 15.1. The Labute approximate surface area is 240 Å². The number of hydrogen-bond donors (Lipinski definition) is 1. The van der Waals surface area contributed by atoms with Crippen LogP contribution in [0.2, 0.25) is 0 Å². The van der Waals surface area contributed by atoms with E-state index in [0.717, 1.165) is 85.2 Å². The number of methoxy groups -OCH3 is 1. The van der Waals surface area contributed by atoms with Crippen molar-refractivity contribution in [3.05, 3.63) is 76.7 Å². The normalized spacial score (nSPS) is 24.6. The van der Waals surface area contributed by atoms with Crippen molar-refractivity contribution in [1.29, 1.82) is 0 Å². The highest BCUT2D eigenvalue weighted by Gasteiger charge is 2.45. The Bertz CT molecular complexity index is 1480. The van der Waals surface area contributed by atoms with Gasteiger partial charge < -0.3 is 14.6 Å². The smallest absolute Gasteiger partial charge is 0.306 e. The molecule has 2 aliphatic carbocycles. The van der Waals surface area contributed by atoms with Gasteiger partial charge in [0.1, 0.15) is 17.7 Å². The number of benzene rings is 2. The van der Waals surface area contributed by atoms with Crippen LogP contribution < -0.4 is 9.47 Å². The SMILES string of the molecule is COc1cc(-c2ccc([C@@H]3CCc4ccc(C(C5CC5)[C@H](C)C(=O)O)cc4O3)cc2CN2CC3CC3C2)c(F)cn1. The second-order valence-corrected chi connectivity index (χ2v) is 12.6. The number of halogens is 1. The van der Waals surface area contributed by atoms with Gasteiger partial charge in [-0.3, -0.25) is 9.69 Å². The summed E-state index contributed by atoms with van der Waals surface area (Å²) in [5.41, 5.74) is 5.77. The van der Waals surface area contributed by atoms with E-state index in [1.807, 2.05) is 13.0 Å². The number of rotatable bonds is 9. The molecule has 0 amide bonds. The summed E-state index contributed by atoms with van der Waals surface area (Å²) in [5.74, 6) is 1.78. The van der Waals surface area contributed by atoms with E-state index in [4.69, 9.17) is 9.47 Å². The lowest BCUT2D eigenvalue weighted by Crippen LogP contribution is -2.23. The summed E-state index contributed by atoms with van der Waals surface area (Å²) in [4.78, 5) is 18.4. The van der Waals surface area contributed by atoms with E-state index in [1.54, 1.807) is 13.2 Å². The zero-order valence-corrected chi connectivity index (χ0v) is 23.7. The van der Waals surface area contributed by atoms with Gasteiger partial charge in [0.05, 0.1) is 19.2 Å². The first-order chi connectivity index (χ1) is 19.9. The third-order valence-corrected chi connectivity index (χ3v) is 9.76. The van der Waals surface area contributed by atoms with E-state index >= 15 is 4.39 Å². The van der Waals surface area contributed by atoms with E-state index < -0.39 is 11.9 Å². The molecule has 214 valence electrons. The van der Waals surface area contributed by atoms with Crippen molar-refractivity contribution in [2.75, 3.05) is 20.2 Å². The topological polar surface area (TPSA) is 71.9 Å². The molecule has 3 unspecified atom stereocenters. The number of likely N-dealkylation sites (tertiary alicyclic amines) is 1. The molecule has 41 heavy (non-hydrogen) atoms. The summed E-state index contributed by atoms with van der Waals surface area (Å²) in [6, 6.07) is 14.3. The number of carboxylic acid groups (broad SMARTS) is 1. The fraction of sp³-hybridized carbons (Fsp3) is 0.471. The van der Waals surface area contributed by atoms with Gasteiger partial charge in [-0.05, 0) is 89.7 Å². The van der Waals surface area contributed by atoms with Crippen LogP contribution in [0.1, 0.15) is 66.9 Å². The van der Waals surface area contributed by atoms with E-state index in [9.17, 15) is 9.90 Å². The van der Waals surface area contributed by atoms with E-state index in [0.29, 0.717) is 17.4 Å². The Morgan fingerprint density at radius 2 is 1.93 bits per heavy atom. The lowest BCUT2D eigenvalue weighted by molar-refractivity contribution is -0.142. The summed E-state index contributed by atoms with van der Waals surface area (Å²) in [7, 11) is 1.55. The Kier molecular flexibility index (Phi) is 6.73. The molecule has 3 aromatic rings. The molecule has 1 N–H and O–H groups in total. The van der Waals surface area contributed by atoms with Gasteiger partial charge in [-0.2, -0.15) is 0 Å². The van der Waals surface area contributed by atoms with Crippen LogP contribution in [0, 0.1) is 29.5 Å². The van der Waals surface area contributed by atoms with Gasteiger partial charge in [0.2, 0.25) is 5.88 Å². The van der Waals surface area contributed by atoms with Gasteiger partial charge in [0.15, 0.2) is 0 Å². The second kappa shape index (κ2) is 10.4. The molecule has 1 aromatic heterocycles. The predicted molar refractivity (Wildman–Crippen MR) is 153 cm³/mol. The van der Waals surface area contributed by atoms with Gasteiger partial charge in [-0.1, -0.05) is 37.3 Å². The van der Waals surface area contributed by atoms with Gasteiger partial charge in [0.25, 0.3) is 0 Å². The molecule has 0 radical (unpaired) electrons. The molecule has 1 saturated heterocycles. The van der Waals surface area contributed by atoms with Crippen LogP contribution in [0.5, 0.6) is 11.6 Å². The fourth-order valence-electron chi connectivity index (χ4n) is 7.22. The number of carbonyl (C=O) groups is 1. The Morgan fingerprint density at radius 1 is 1.12 bits per heavy atom. The summed E-state index contributed by atoms with van der Waals surface area (Å²) < 4.78 is 27.0. The van der Waals surface area contributed by atoms with Gasteiger partial charge in [-0.15, -0.1) is 0 Å². The first-order valence-corrected chi connectivity index (χ1v) is 14.9. The van der Waals surface area contributed by atoms with Crippen molar-refractivity contribution in [3.63, 3.8) is 0 Å². The molecule has 5 atom stereocenters.